The van der Waals surface area contributed by atoms with Gasteiger partial charge in [0, 0.05) is 22.7 Å². The normalized spacial score (nSPS) is 12.5. The molecule has 0 spiro atoms. The predicted molar refractivity (Wildman–Crippen MR) is 101 cm³/mol. The van der Waals surface area contributed by atoms with E-state index in [0.29, 0.717) is 0 Å². The van der Waals surface area contributed by atoms with E-state index in [1.54, 1.807) is 6.33 Å². The number of nitrogens with zero attached hydrogens (tertiary/aromatic N) is 2. The van der Waals surface area contributed by atoms with Crippen molar-refractivity contribution in [3.8, 4) is 33.9 Å². The predicted octanol–water partition coefficient (Wildman–Crippen LogP) is 4.27. The van der Waals surface area contributed by atoms with Crippen LogP contribution in [0.4, 0.5) is 5.69 Å². The van der Waals surface area contributed by atoms with Gasteiger partial charge >= 0.3 is 0 Å². The van der Waals surface area contributed by atoms with Crippen molar-refractivity contribution < 1.29 is 9.47 Å². The minimum atomic E-state index is 0.235. The summed E-state index contributed by atoms with van der Waals surface area (Å²) < 4.78 is 11.0. The smallest absolute Gasteiger partial charge is 0.231 e. The second-order valence-corrected chi connectivity index (χ2v) is 6.15. The van der Waals surface area contributed by atoms with Crippen LogP contribution in [0.15, 0.2) is 67.0 Å². The highest BCUT2D eigenvalue weighted by atomic mass is 16.7. The van der Waals surface area contributed by atoms with Crippen LogP contribution in [-0.4, -0.2) is 16.8 Å². The molecular formula is C21H15N3O2. The summed E-state index contributed by atoms with van der Waals surface area (Å²) in [6.45, 7) is 0.235. The molecule has 26 heavy (non-hydrogen) atoms. The average Bonchev–Trinajstić information content (AvgIpc) is 3.13. The van der Waals surface area contributed by atoms with Crippen LogP contribution < -0.4 is 15.2 Å². The Balaban J connectivity index is 1.68. The summed E-state index contributed by atoms with van der Waals surface area (Å²) in [7, 11) is 0. The summed E-state index contributed by atoms with van der Waals surface area (Å²) >= 11 is 0. The maximum atomic E-state index is 5.93. The molecule has 0 aliphatic carbocycles. The standard InChI is InChI=1S/C21H15N3O2/c22-16-6-2-4-14(8-16)13-3-1-5-15(7-13)21-17-9-19-20(26-12-25-19)10-18(17)23-11-24-21/h1-11H,12,22H2. The first-order valence-electron chi connectivity index (χ1n) is 8.29. The molecule has 2 heterocycles. The highest BCUT2D eigenvalue weighted by Crippen LogP contribution is 2.38. The lowest BCUT2D eigenvalue weighted by Crippen LogP contribution is -1.92. The van der Waals surface area contributed by atoms with Crippen LogP contribution >= 0.6 is 0 Å². The van der Waals surface area contributed by atoms with Gasteiger partial charge in [0.15, 0.2) is 11.5 Å². The molecule has 1 aliphatic rings. The monoisotopic (exact) mass is 341 g/mol. The third-order valence-electron chi connectivity index (χ3n) is 4.49. The summed E-state index contributed by atoms with van der Waals surface area (Å²) in [5.74, 6) is 1.44. The first-order chi connectivity index (χ1) is 12.8. The van der Waals surface area contributed by atoms with Gasteiger partial charge in [-0.25, -0.2) is 9.97 Å². The summed E-state index contributed by atoms with van der Waals surface area (Å²) in [6.07, 6.45) is 1.58. The van der Waals surface area contributed by atoms with Crippen molar-refractivity contribution in [2.45, 2.75) is 0 Å². The summed E-state index contributed by atoms with van der Waals surface area (Å²) in [5, 5.41) is 0.932. The fourth-order valence-electron chi connectivity index (χ4n) is 3.24. The fraction of sp³-hybridized carbons (Fsp3) is 0.0476. The Labute approximate surface area is 150 Å². The highest BCUT2D eigenvalue weighted by molar-refractivity contribution is 5.95. The molecule has 1 aromatic heterocycles. The van der Waals surface area contributed by atoms with E-state index >= 15 is 0 Å². The van der Waals surface area contributed by atoms with E-state index in [0.717, 1.165) is 50.5 Å². The van der Waals surface area contributed by atoms with Crippen molar-refractivity contribution in [2.75, 3.05) is 12.5 Å². The molecule has 3 aromatic carbocycles. The minimum absolute atomic E-state index is 0.235. The number of hydrogen-bond acceptors (Lipinski definition) is 5. The molecule has 0 saturated carbocycles. The first kappa shape index (κ1) is 14.7. The molecule has 1 aliphatic heterocycles. The molecule has 0 atom stereocenters. The summed E-state index contributed by atoms with van der Waals surface area (Å²) in [6, 6.07) is 19.9. The van der Waals surface area contributed by atoms with Crippen molar-refractivity contribution in [3.05, 3.63) is 67.0 Å². The van der Waals surface area contributed by atoms with E-state index in [9.17, 15) is 0 Å². The molecule has 5 rings (SSSR count). The average molecular weight is 341 g/mol. The number of hydrogen-bond donors (Lipinski definition) is 1. The van der Waals surface area contributed by atoms with Gasteiger partial charge in [0.2, 0.25) is 6.79 Å². The maximum absolute atomic E-state index is 5.93. The van der Waals surface area contributed by atoms with Gasteiger partial charge in [0.25, 0.3) is 0 Å². The zero-order chi connectivity index (χ0) is 17.5. The minimum Gasteiger partial charge on any atom is -0.454 e. The lowest BCUT2D eigenvalue weighted by Gasteiger charge is -2.09. The Bertz CT molecular complexity index is 1140. The van der Waals surface area contributed by atoms with E-state index in [2.05, 4.69) is 22.1 Å². The molecule has 0 saturated heterocycles. The quantitative estimate of drug-likeness (QED) is 0.551. The van der Waals surface area contributed by atoms with Crippen molar-refractivity contribution in [1.29, 1.82) is 0 Å². The third-order valence-corrected chi connectivity index (χ3v) is 4.49. The molecule has 0 radical (unpaired) electrons. The Hall–Kier alpha value is -3.60. The van der Waals surface area contributed by atoms with Crippen LogP contribution in [0.25, 0.3) is 33.3 Å². The SMILES string of the molecule is Nc1cccc(-c2cccc(-c3ncnc4cc5c(cc34)OCO5)c2)c1. The number of anilines is 1. The summed E-state index contributed by atoms with van der Waals surface area (Å²) in [5.41, 5.74) is 11.5. The van der Waals surface area contributed by atoms with E-state index in [-0.39, 0.29) is 6.79 Å². The van der Waals surface area contributed by atoms with Crippen molar-refractivity contribution in [1.82, 2.24) is 9.97 Å². The maximum Gasteiger partial charge on any atom is 0.231 e. The molecule has 0 unspecified atom stereocenters. The number of benzene rings is 3. The molecular weight excluding hydrogens is 326 g/mol. The van der Waals surface area contributed by atoms with Crippen LogP contribution in [0, 0.1) is 0 Å². The van der Waals surface area contributed by atoms with Crippen LogP contribution in [0.3, 0.4) is 0 Å². The van der Waals surface area contributed by atoms with Crippen LogP contribution in [0.5, 0.6) is 11.5 Å². The van der Waals surface area contributed by atoms with Gasteiger partial charge in [-0.15, -0.1) is 0 Å². The molecule has 0 fully saturated rings. The molecule has 4 aromatic rings. The molecule has 0 amide bonds. The molecule has 126 valence electrons. The van der Waals surface area contributed by atoms with Gasteiger partial charge in [-0.3, -0.25) is 0 Å². The Morgan fingerprint density at radius 2 is 1.50 bits per heavy atom. The Kier molecular flexibility index (Phi) is 3.25. The van der Waals surface area contributed by atoms with Gasteiger partial charge in [0.05, 0.1) is 11.2 Å². The van der Waals surface area contributed by atoms with Crippen molar-refractivity contribution >= 4 is 16.6 Å². The largest absolute Gasteiger partial charge is 0.454 e. The number of nitrogens with two attached hydrogens (primary N) is 1. The van der Waals surface area contributed by atoms with Gasteiger partial charge in [-0.05, 0) is 35.4 Å². The van der Waals surface area contributed by atoms with Gasteiger partial charge in [0.1, 0.15) is 6.33 Å². The van der Waals surface area contributed by atoms with Crippen LogP contribution in [0.2, 0.25) is 0 Å². The molecule has 2 N–H and O–H groups in total. The topological polar surface area (TPSA) is 70.3 Å². The molecule has 5 nitrogen and oxygen atoms in total. The van der Waals surface area contributed by atoms with Crippen molar-refractivity contribution in [2.24, 2.45) is 0 Å². The second kappa shape index (κ2) is 5.74. The third kappa shape index (κ3) is 2.41. The first-order valence-corrected chi connectivity index (χ1v) is 8.29. The van der Waals surface area contributed by atoms with Gasteiger partial charge in [-0.1, -0.05) is 30.3 Å². The van der Waals surface area contributed by atoms with E-state index < -0.39 is 0 Å². The number of fused-ring (bicyclic) bond motifs is 2. The van der Waals surface area contributed by atoms with Gasteiger partial charge < -0.3 is 15.2 Å². The molecule has 0 bridgehead atoms. The highest BCUT2D eigenvalue weighted by Gasteiger charge is 2.17. The number of rotatable bonds is 2. The lowest BCUT2D eigenvalue weighted by atomic mass is 9.99. The number of aromatic nitrogens is 2. The van der Waals surface area contributed by atoms with Crippen LogP contribution in [0.1, 0.15) is 0 Å². The lowest BCUT2D eigenvalue weighted by molar-refractivity contribution is 0.174. The van der Waals surface area contributed by atoms with E-state index in [1.165, 1.54) is 0 Å². The fourth-order valence-corrected chi connectivity index (χ4v) is 3.24. The zero-order valence-corrected chi connectivity index (χ0v) is 13.8. The van der Waals surface area contributed by atoms with Crippen LogP contribution in [-0.2, 0) is 0 Å². The molecule has 5 heteroatoms. The Morgan fingerprint density at radius 3 is 2.35 bits per heavy atom. The van der Waals surface area contributed by atoms with Gasteiger partial charge in [-0.2, -0.15) is 0 Å². The Morgan fingerprint density at radius 1 is 0.769 bits per heavy atom. The zero-order valence-electron chi connectivity index (χ0n) is 13.8. The van der Waals surface area contributed by atoms with Crippen molar-refractivity contribution in [3.63, 3.8) is 0 Å². The van der Waals surface area contributed by atoms with E-state index in [1.807, 2.05) is 48.5 Å². The summed E-state index contributed by atoms with van der Waals surface area (Å²) in [4.78, 5) is 8.90. The number of nitrogen functional groups attached to an aromatic ring is 1. The number of ether oxygens (including phenoxy) is 2. The second-order valence-electron chi connectivity index (χ2n) is 6.15. The van der Waals surface area contributed by atoms with E-state index in [4.69, 9.17) is 15.2 Å².